The SMILES string of the molecule is Cc1cscc1C(=O)NC1CCCNCC1. The van der Waals surface area contributed by atoms with Gasteiger partial charge in [-0.05, 0) is 50.2 Å². The standard InChI is InChI=1S/C12H18N2OS/c1-9-7-16-8-11(9)12(15)14-10-3-2-5-13-6-4-10/h7-8,10,13H,2-6H2,1H3,(H,14,15). The molecule has 1 aliphatic rings. The van der Waals surface area contributed by atoms with Crippen molar-refractivity contribution >= 4 is 17.2 Å². The number of nitrogens with one attached hydrogen (secondary N) is 2. The molecular formula is C12H18N2OS. The van der Waals surface area contributed by atoms with E-state index >= 15 is 0 Å². The van der Waals surface area contributed by atoms with Gasteiger partial charge in [0.25, 0.3) is 5.91 Å². The summed E-state index contributed by atoms with van der Waals surface area (Å²) in [4.78, 5) is 12.0. The van der Waals surface area contributed by atoms with E-state index in [1.165, 1.54) is 0 Å². The smallest absolute Gasteiger partial charge is 0.252 e. The maximum absolute atomic E-state index is 12.0. The third kappa shape index (κ3) is 2.83. The molecule has 2 heterocycles. The van der Waals surface area contributed by atoms with E-state index in [-0.39, 0.29) is 5.91 Å². The molecule has 0 aliphatic carbocycles. The summed E-state index contributed by atoms with van der Waals surface area (Å²) in [6.07, 6.45) is 3.27. The van der Waals surface area contributed by atoms with Crippen molar-refractivity contribution < 1.29 is 4.79 Å². The maximum Gasteiger partial charge on any atom is 0.252 e. The van der Waals surface area contributed by atoms with Gasteiger partial charge in [0.2, 0.25) is 0 Å². The molecule has 0 saturated carbocycles. The van der Waals surface area contributed by atoms with Crippen molar-refractivity contribution in [3.8, 4) is 0 Å². The van der Waals surface area contributed by atoms with Gasteiger partial charge in [-0.2, -0.15) is 11.3 Å². The van der Waals surface area contributed by atoms with E-state index in [0.717, 1.165) is 43.5 Å². The Morgan fingerprint density at radius 2 is 2.31 bits per heavy atom. The Balaban J connectivity index is 1.93. The number of rotatable bonds is 2. The van der Waals surface area contributed by atoms with E-state index in [0.29, 0.717) is 6.04 Å². The third-order valence-corrected chi connectivity index (χ3v) is 3.87. The normalized spacial score (nSPS) is 21.4. The average Bonchev–Trinajstić information content (AvgIpc) is 2.53. The molecule has 0 spiro atoms. The summed E-state index contributed by atoms with van der Waals surface area (Å²) < 4.78 is 0. The van der Waals surface area contributed by atoms with Gasteiger partial charge in [0.15, 0.2) is 0 Å². The first-order valence-electron chi connectivity index (χ1n) is 5.82. The lowest BCUT2D eigenvalue weighted by atomic mass is 10.1. The molecule has 1 unspecified atom stereocenters. The first-order chi connectivity index (χ1) is 7.77. The topological polar surface area (TPSA) is 41.1 Å². The van der Waals surface area contributed by atoms with Crippen molar-refractivity contribution in [1.29, 1.82) is 0 Å². The number of hydrogen-bond acceptors (Lipinski definition) is 3. The molecule has 4 heteroatoms. The predicted molar refractivity (Wildman–Crippen MR) is 67.0 cm³/mol. The predicted octanol–water partition coefficient (Wildman–Crippen LogP) is 1.93. The van der Waals surface area contributed by atoms with E-state index in [1.807, 2.05) is 17.7 Å². The van der Waals surface area contributed by atoms with Crippen LogP contribution in [0.3, 0.4) is 0 Å². The second-order valence-corrected chi connectivity index (χ2v) is 5.06. The summed E-state index contributed by atoms with van der Waals surface area (Å²) in [5.74, 6) is 0.0886. The highest BCUT2D eigenvalue weighted by Crippen LogP contribution is 2.14. The molecular weight excluding hydrogens is 220 g/mol. The summed E-state index contributed by atoms with van der Waals surface area (Å²) in [6.45, 7) is 4.07. The van der Waals surface area contributed by atoms with Crippen LogP contribution in [0.25, 0.3) is 0 Å². The lowest BCUT2D eigenvalue weighted by Gasteiger charge is -2.15. The van der Waals surface area contributed by atoms with Crippen molar-refractivity contribution in [1.82, 2.24) is 10.6 Å². The number of thiophene rings is 1. The Labute approximate surface area is 100 Å². The molecule has 1 aromatic rings. The summed E-state index contributed by atoms with van der Waals surface area (Å²) >= 11 is 1.59. The fourth-order valence-electron chi connectivity index (χ4n) is 2.02. The molecule has 0 radical (unpaired) electrons. The molecule has 2 N–H and O–H groups in total. The van der Waals surface area contributed by atoms with Crippen LogP contribution in [0.1, 0.15) is 35.2 Å². The van der Waals surface area contributed by atoms with Gasteiger partial charge in [0.1, 0.15) is 0 Å². The number of amides is 1. The quantitative estimate of drug-likeness (QED) is 0.826. The molecule has 1 atom stereocenters. The van der Waals surface area contributed by atoms with Crippen LogP contribution in [-0.2, 0) is 0 Å². The van der Waals surface area contributed by atoms with E-state index in [2.05, 4.69) is 10.6 Å². The van der Waals surface area contributed by atoms with Crippen molar-refractivity contribution in [3.05, 3.63) is 21.9 Å². The number of carbonyl (C=O) groups excluding carboxylic acids is 1. The molecule has 1 fully saturated rings. The molecule has 1 saturated heterocycles. The fraction of sp³-hybridized carbons (Fsp3) is 0.583. The third-order valence-electron chi connectivity index (χ3n) is 3.01. The zero-order chi connectivity index (χ0) is 11.4. The monoisotopic (exact) mass is 238 g/mol. The van der Waals surface area contributed by atoms with Crippen LogP contribution in [0.4, 0.5) is 0 Å². The molecule has 1 aliphatic heterocycles. The van der Waals surface area contributed by atoms with Gasteiger partial charge in [-0.1, -0.05) is 0 Å². The van der Waals surface area contributed by atoms with Gasteiger partial charge < -0.3 is 10.6 Å². The molecule has 1 amide bonds. The molecule has 0 bridgehead atoms. The van der Waals surface area contributed by atoms with Crippen LogP contribution in [0, 0.1) is 6.92 Å². The number of hydrogen-bond donors (Lipinski definition) is 2. The highest BCUT2D eigenvalue weighted by Gasteiger charge is 2.16. The Morgan fingerprint density at radius 1 is 1.44 bits per heavy atom. The Morgan fingerprint density at radius 3 is 3.06 bits per heavy atom. The van der Waals surface area contributed by atoms with Gasteiger partial charge >= 0.3 is 0 Å². The van der Waals surface area contributed by atoms with Crippen LogP contribution < -0.4 is 10.6 Å². The first kappa shape index (κ1) is 11.6. The highest BCUT2D eigenvalue weighted by molar-refractivity contribution is 7.08. The number of aryl methyl sites for hydroxylation is 1. The average molecular weight is 238 g/mol. The van der Waals surface area contributed by atoms with Crippen LogP contribution in [0.15, 0.2) is 10.8 Å². The molecule has 3 nitrogen and oxygen atoms in total. The molecule has 0 aromatic carbocycles. The summed E-state index contributed by atoms with van der Waals surface area (Å²) in [5, 5.41) is 10.4. The largest absolute Gasteiger partial charge is 0.349 e. The van der Waals surface area contributed by atoms with Crippen LogP contribution >= 0.6 is 11.3 Å². The summed E-state index contributed by atoms with van der Waals surface area (Å²) in [7, 11) is 0. The van der Waals surface area contributed by atoms with Gasteiger partial charge in [0, 0.05) is 11.4 Å². The minimum absolute atomic E-state index is 0.0886. The molecule has 16 heavy (non-hydrogen) atoms. The first-order valence-corrected chi connectivity index (χ1v) is 6.76. The molecule has 1 aromatic heterocycles. The minimum Gasteiger partial charge on any atom is -0.349 e. The van der Waals surface area contributed by atoms with E-state index in [1.54, 1.807) is 11.3 Å². The van der Waals surface area contributed by atoms with E-state index in [4.69, 9.17) is 0 Å². The second-order valence-electron chi connectivity index (χ2n) is 4.32. The molecule has 2 rings (SSSR count). The maximum atomic E-state index is 12.0. The van der Waals surface area contributed by atoms with Crippen LogP contribution in [0.2, 0.25) is 0 Å². The minimum atomic E-state index is 0.0886. The molecule has 88 valence electrons. The van der Waals surface area contributed by atoms with Crippen LogP contribution in [-0.4, -0.2) is 25.0 Å². The van der Waals surface area contributed by atoms with Gasteiger partial charge in [-0.3, -0.25) is 4.79 Å². The zero-order valence-corrected chi connectivity index (χ0v) is 10.4. The zero-order valence-electron chi connectivity index (χ0n) is 9.58. The van der Waals surface area contributed by atoms with Crippen molar-refractivity contribution in [2.75, 3.05) is 13.1 Å². The Kier molecular flexibility index (Phi) is 3.96. The van der Waals surface area contributed by atoms with Crippen molar-refractivity contribution in [3.63, 3.8) is 0 Å². The summed E-state index contributed by atoms with van der Waals surface area (Å²) in [6, 6.07) is 0.335. The fourth-order valence-corrected chi connectivity index (χ4v) is 2.85. The Hall–Kier alpha value is -0.870. The van der Waals surface area contributed by atoms with Crippen molar-refractivity contribution in [2.24, 2.45) is 0 Å². The van der Waals surface area contributed by atoms with Crippen molar-refractivity contribution in [2.45, 2.75) is 32.2 Å². The van der Waals surface area contributed by atoms with Gasteiger partial charge in [-0.15, -0.1) is 0 Å². The summed E-state index contributed by atoms with van der Waals surface area (Å²) in [5.41, 5.74) is 1.91. The Bertz CT molecular complexity index is 354. The van der Waals surface area contributed by atoms with Gasteiger partial charge in [-0.25, -0.2) is 0 Å². The van der Waals surface area contributed by atoms with Gasteiger partial charge in [0.05, 0.1) is 5.56 Å². The second kappa shape index (κ2) is 5.46. The lowest BCUT2D eigenvalue weighted by molar-refractivity contribution is 0.0934. The van der Waals surface area contributed by atoms with E-state index in [9.17, 15) is 4.79 Å². The number of carbonyl (C=O) groups is 1. The van der Waals surface area contributed by atoms with Crippen LogP contribution in [0.5, 0.6) is 0 Å². The van der Waals surface area contributed by atoms with E-state index < -0.39 is 0 Å². The lowest BCUT2D eigenvalue weighted by Crippen LogP contribution is -2.35. The highest BCUT2D eigenvalue weighted by atomic mass is 32.1.